The molecule has 0 spiro atoms. The molecule has 1 heteroatoms. The molecule has 1 aromatic carbocycles. The standard InChI is InChI=1S/C18H25N/c1-15-9-12-18(2,13-10-15)14-11-16-5-7-17(8-6-16)19(3)4/h5-10,12H,11,13-14H2,1-4H3. The second kappa shape index (κ2) is 5.64. The molecular formula is C18H25N. The summed E-state index contributed by atoms with van der Waals surface area (Å²) in [6, 6.07) is 8.93. The van der Waals surface area contributed by atoms with Crippen molar-refractivity contribution in [2.24, 2.45) is 5.41 Å². The Bertz CT molecular complexity index is 479. The lowest BCUT2D eigenvalue weighted by Gasteiger charge is -2.27. The first-order valence-corrected chi connectivity index (χ1v) is 7.11. The quantitative estimate of drug-likeness (QED) is 0.760. The Morgan fingerprint density at radius 2 is 1.84 bits per heavy atom. The summed E-state index contributed by atoms with van der Waals surface area (Å²) in [6.45, 7) is 4.54. The van der Waals surface area contributed by atoms with Crippen LogP contribution in [-0.4, -0.2) is 14.1 Å². The number of hydrogen-bond acceptors (Lipinski definition) is 1. The highest BCUT2D eigenvalue weighted by Crippen LogP contribution is 2.34. The van der Waals surface area contributed by atoms with Gasteiger partial charge in [-0.25, -0.2) is 0 Å². The lowest BCUT2D eigenvalue weighted by atomic mass is 9.78. The van der Waals surface area contributed by atoms with Crippen LogP contribution < -0.4 is 4.90 Å². The van der Waals surface area contributed by atoms with Crippen LogP contribution >= 0.6 is 0 Å². The fourth-order valence-corrected chi connectivity index (χ4v) is 2.44. The van der Waals surface area contributed by atoms with E-state index >= 15 is 0 Å². The van der Waals surface area contributed by atoms with Crippen LogP contribution in [0.1, 0.15) is 32.3 Å². The summed E-state index contributed by atoms with van der Waals surface area (Å²) < 4.78 is 0. The molecule has 0 amide bonds. The van der Waals surface area contributed by atoms with E-state index in [2.05, 4.69) is 75.3 Å². The van der Waals surface area contributed by atoms with Crippen molar-refractivity contribution in [3.8, 4) is 0 Å². The van der Waals surface area contributed by atoms with Crippen LogP contribution in [0.3, 0.4) is 0 Å². The molecule has 19 heavy (non-hydrogen) atoms. The van der Waals surface area contributed by atoms with Gasteiger partial charge >= 0.3 is 0 Å². The topological polar surface area (TPSA) is 3.24 Å². The lowest BCUT2D eigenvalue weighted by molar-refractivity contribution is 0.392. The maximum absolute atomic E-state index is 2.39. The van der Waals surface area contributed by atoms with Crippen molar-refractivity contribution >= 4 is 5.69 Å². The van der Waals surface area contributed by atoms with Crippen molar-refractivity contribution < 1.29 is 0 Å². The molecular weight excluding hydrogens is 230 g/mol. The van der Waals surface area contributed by atoms with Crippen LogP contribution in [0.2, 0.25) is 0 Å². The van der Waals surface area contributed by atoms with E-state index < -0.39 is 0 Å². The molecule has 1 aliphatic rings. The molecule has 2 rings (SSSR count). The van der Waals surface area contributed by atoms with Crippen LogP contribution in [0.4, 0.5) is 5.69 Å². The summed E-state index contributed by atoms with van der Waals surface area (Å²) in [6.07, 6.45) is 10.5. The summed E-state index contributed by atoms with van der Waals surface area (Å²) in [5, 5.41) is 0. The number of rotatable bonds is 4. The van der Waals surface area contributed by atoms with Crippen molar-refractivity contribution in [2.75, 3.05) is 19.0 Å². The fourth-order valence-electron chi connectivity index (χ4n) is 2.44. The molecule has 0 saturated heterocycles. The number of anilines is 1. The summed E-state index contributed by atoms with van der Waals surface area (Å²) in [5.41, 5.74) is 4.44. The second-order valence-electron chi connectivity index (χ2n) is 6.20. The first-order valence-electron chi connectivity index (χ1n) is 7.11. The molecule has 1 aliphatic carbocycles. The number of benzene rings is 1. The van der Waals surface area contributed by atoms with Crippen molar-refractivity contribution in [3.63, 3.8) is 0 Å². The van der Waals surface area contributed by atoms with Gasteiger partial charge in [-0.05, 0) is 49.3 Å². The molecule has 0 radical (unpaired) electrons. The predicted octanol–water partition coefficient (Wildman–Crippen LogP) is 4.60. The number of hydrogen-bond donors (Lipinski definition) is 0. The van der Waals surface area contributed by atoms with E-state index in [-0.39, 0.29) is 0 Å². The van der Waals surface area contributed by atoms with E-state index in [1.807, 2.05) is 0 Å². The van der Waals surface area contributed by atoms with Gasteiger partial charge in [0, 0.05) is 19.8 Å². The third-order valence-electron chi connectivity index (χ3n) is 4.08. The highest BCUT2D eigenvalue weighted by atomic mass is 15.1. The van der Waals surface area contributed by atoms with Crippen LogP contribution in [0.5, 0.6) is 0 Å². The minimum Gasteiger partial charge on any atom is -0.378 e. The molecule has 0 fully saturated rings. The second-order valence-corrected chi connectivity index (χ2v) is 6.20. The van der Waals surface area contributed by atoms with E-state index in [4.69, 9.17) is 0 Å². The summed E-state index contributed by atoms with van der Waals surface area (Å²) in [5.74, 6) is 0. The van der Waals surface area contributed by atoms with E-state index in [9.17, 15) is 0 Å². The van der Waals surface area contributed by atoms with E-state index in [1.165, 1.54) is 29.7 Å². The molecule has 1 nitrogen and oxygen atoms in total. The van der Waals surface area contributed by atoms with Gasteiger partial charge in [-0.3, -0.25) is 0 Å². The number of aryl methyl sites for hydroxylation is 1. The first kappa shape index (κ1) is 13.9. The van der Waals surface area contributed by atoms with E-state index in [0.717, 1.165) is 6.42 Å². The fraction of sp³-hybridized carbons (Fsp3) is 0.444. The largest absolute Gasteiger partial charge is 0.378 e. The summed E-state index contributed by atoms with van der Waals surface area (Å²) in [4.78, 5) is 2.14. The molecule has 0 saturated carbocycles. The SMILES string of the molecule is CC1=CCC(C)(CCc2ccc(N(C)C)cc2)C=C1. The average molecular weight is 255 g/mol. The molecule has 0 aliphatic heterocycles. The van der Waals surface area contributed by atoms with Crippen LogP contribution in [0.15, 0.2) is 48.1 Å². The summed E-state index contributed by atoms with van der Waals surface area (Å²) in [7, 11) is 4.16. The normalized spacial score (nSPS) is 22.2. The number of nitrogens with zero attached hydrogens (tertiary/aromatic N) is 1. The third-order valence-corrected chi connectivity index (χ3v) is 4.08. The van der Waals surface area contributed by atoms with Crippen LogP contribution in [0.25, 0.3) is 0 Å². The molecule has 0 aromatic heterocycles. The third kappa shape index (κ3) is 3.73. The van der Waals surface area contributed by atoms with Gasteiger partial charge in [-0.1, -0.05) is 42.9 Å². The van der Waals surface area contributed by atoms with Crippen molar-refractivity contribution in [1.82, 2.24) is 0 Å². The zero-order valence-electron chi connectivity index (χ0n) is 12.6. The van der Waals surface area contributed by atoms with Gasteiger partial charge in [0.25, 0.3) is 0 Å². The Morgan fingerprint density at radius 3 is 2.37 bits per heavy atom. The molecule has 1 unspecified atom stereocenters. The maximum Gasteiger partial charge on any atom is 0.0361 e. The van der Waals surface area contributed by atoms with Crippen molar-refractivity contribution in [1.29, 1.82) is 0 Å². The van der Waals surface area contributed by atoms with Gasteiger partial charge in [0.05, 0.1) is 0 Å². The zero-order valence-corrected chi connectivity index (χ0v) is 12.6. The van der Waals surface area contributed by atoms with Gasteiger partial charge in [0.2, 0.25) is 0 Å². The Hall–Kier alpha value is -1.50. The first-order chi connectivity index (χ1) is 8.98. The highest BCUT2D eigenvalue weighted by Gasteiger charge is 2.21. The maximum atomic E-state index is 2.39. The minimum absolute atomic E-state index is 0.333. The molecule has 1 aromatic rings. The van der Waals surface area contributed by atoms with Gasteiger partial charge in [-0.2, -0.15) is 0 Å². The molecule has 102 valence electrons. The van der Waals surface area contributed by atoms with Gasteiger partial charge in [-0.15, -0.1) is 0 Å². The Labute approximate surface area is 117 Å². The zero-order chi connectivity index (χ0) is 13.9. The van der Waals surface area contributed by atoms with Gasteiger partial charge in [0.15, 0.2) is 0 Å². The Morgan fingerprint density at radius 1 is 1.16 bits per heavy atom. The molecule has 0 heterocycles. The molecule has 1 atom stereocenters. The van der Waals surface area contributed by atoms with Crippen LogP contribution in [-0.2, 0) is 6.42 Å². The average Bonchev–Trinajstić information content (AvgIpc) is 2.41. The van der Waals surface area contributed by atoms with E-state index in [0.29, 0.717) is 5.41 Å². The Kier molecular flexibility index (Phi) is 4.14. The monoisotopic (exact) mass is 255 g/mol. The summed E-state index contributed by atoms with van der Waals surface area (Å²) >= 11 is 0. The lowest BCUT2D eigenvalue weighted by Crippen LogP contribution is -2.15. The highest BCUT2D eigenvalue weighted by molar-refractivity contribution is 5.46. The Balaban J connectivity index is 1.94. The van der Waals surface area contributed by atoms with Gasteiger partial charge < -0.3 is 4.90 Å². The van der Waals surface area contributed by atoms with Crippen LogP contribution in [0, 0.1) is 5.41 Å². The molecule has 0 N–H and O–H groups in total. The number of allylic oxidation sites excluding steroid dienone is 4. The predicted molar refractivity (Wildman–Crippen MR) is 84.7 cm³/mol. The molecule has 0 bridgehead atoms. The van der Waals surface area contributed by atoms with Crippen molar-refractivity contribution in [2.45, 2.75) is 33.1 Å². The van der Waals surface area contributed by atoms with Crippen molar-refractivity contribution in [3.05, 3.63) is 53.6 Å². The van der Waals surface area contributed by atoms with E-state index in [1.54, 1.807) is 0 Å². The smallest absolute Gasteiger partial charge is 0.0361 e. The van der Waals surface area contributed by atoms with Gasteiger partial charge in [0.1, 0.15) is 0 Å². The minimum atomic E-state index is 0.333.